The molecule has 2 aromatic rings. The molecule has 1 amide bonds. The van der Waals surface area contributed by atoms with Crippen molar-refractivity contribution in [1.29, 1.82) is 5.26 Å². The maximum atomic E-state index is 12.8. The highest BCUT2D eigenvalue weighted by Crippen LogP contribution is 2.35. The summed E-state index contributed by atoms with van der Waals surface area (Å²) in [5, 5.41) is 12.5. The van der Waals surface area contributed by atoms with E-state index in [2.05, 4.69) is 16.4 Å². The number of nitriles is 1. The summed E-state index contributed by atoms with van der Waals surface area (Å²) in [6.07, 6.45) is 0.611. The number of benzene rings is 1. The molecular formula is C20H21N3O3S. The highest BCUT2D eigenvalue weighted by atomic mass is 32.2. The van der Waals surface area contributed by atoms with Crippen LogP contribution in [0.4, 0.5) is 5.69 Å². The van der Waals surface area contributed by atoms with E-state index in [9.17, 15) is 10.1 Å². The molecule has 27 heavy (non-hydrogen) atoms. The maximum Gasteiger partial charge on any atom is 0.237 e. The van der Waals surface area contributed by atoms with Gasteiger partial charge in [-0.1, -0.05) is 32.5 Å². The fourth-order valence-electron chi connectivity index (χ4n) is 2.61. The van der Waals surface area contributed by atoms with Crippen LogP contribution in [0.5, 0.6) is 11.5 Å². The molecule has 1 atom stereocenters. The molecule has 3 rings (SSSR count). The summed E-state index contributed by atoms with van der Waals surface area (Å²) in [6, 6.07) is 11.1. The van der Waals surface area contributed by atoms with Gasteiger partial charge in [0.25, 0.3) is 0 Å². The second-order valence-corrected chi connectivity index (χ2v) is 7.62. The highest BCUT2D eigenvalue weighted by Gasteiger charge is 2.22. The third-order valence-electron chi connectivity index (χ3n) is 4.15. The molecule has 1 unspecified atom stereocenters. The second-order valence-electron chi connectivity index (χ2n) is 6.43. The summed E-state index contributed by atoms with van der Waals surface area (Å²) in [7, 11) is 0. The number of carbonyl (C=O) groups is 1. The Balaban J connectivity index is 1.76. The van der Waals surface area contributed by atoms with Crippen molar-refractivity contribution in [1.82, 2.24) is 4.98 Å². The smallest absolute Gasteiger partial charge is 0.237 e. The fourth-order valence-corrected chi connectivity index (χ4v) is 3.61. The van der Waals surface area contributed by atoms with Gasteiger partial charge in [0.1, 0.15) is 11.1 Å². The Morgan fingerprint density at radius 1 is 1.30 bits per heavy atom. The molecule has 1 aromatic carbocycles. The van der Waals surface area contributed by atoms with Crippen molar-refractivity contribution in [2.24, 2.45) is 0 Å². The number of aromatic nitrogens is 1. The standard InChI is InChI=1S/C20H21N3O3S/c1-4-18(27-20-13(10-21)5-7-15(23-20)12(2)3)19(24)22-14-6-8-16-17(9-14)26-11-25-16/h5-9,12,18H,4,11H2,1-3H3,(H,22,24). The van der Waals surface area contributed by atoms with Crippen LogP contribution >= 0.6 is 11.8 Å². The van der Waals surface area contributed by atoms with Crippen LogP contribution in [0.25, 0.3) is 0 Å². The summed E-state index contributed by atoms with van der Waals surface area (Å²) >= 11 is 1.32. The summed E-state index contributed by atoms with van der Waals surface area (Å²) in [4.78, 5) is 17.3. The Bertz CT molecular complexity index is 893. The number of hydrogen-bond donors (Lipinski definition) is 1. The van der Waals surface area contributed by atoms with Gasteiger partial charge in [-0.15, -0.1) is 0 Å². The molecule has 140 valence electrons. The van der Waals surface area contributed by atoms with Crippen LogP contribution in [0.15, 0.2) is 35.4 Å². The topological polar surface area (TPSA) is 84.2 Å². The zero-order valence-corrected chi connectivity index (χ0v) is 16.3. The molecular weight excluding hydrogens is 362 g/mol. The van der Waals surface area contributed by atoms with E-state index < -0.39 is 0 Å². The van der Waals surface area contributed by atoms with Crippen molar-refractivity contribution in [2.75, 3.05) is 12.1 Å². The van der Waals surface area contributed by atoms with Crippen LogP contribution in [-0.4, -0.2) is 22.9 Å². The van der Waals surface area contributed by atoms with Gasteiger partial charge in [-0.3, -0.25) is 4.79 Å². The van der Waals surface area contributed by atoms with E-state index in [4.69, 9.17) is 9.47 Å². The first kappa shape index (κ1) is 19.1. The van der Waals surface area contributed by atoms with Crippen molar-refractivity contribution in [3.63, 3.8) is 0 Å². The summed E-state index contributed by atoms with van der Waals surface area (Å²) in [5.74, 6) is 1.40. The van der Waals surface area contributed by atoms with Gasteiger partial charge in [0.05, 0.1) is 10.8 Å². The first-order valence-electron chi connectivity index (χ1n) is 8.80. The van der Waals surface area contributed by atoms with Gasteiger partial charge in [0.2, 0.25) is 12.7 Å². The molecule has 0 spiro atoms. The van der Waals surface area contributed by atoms with Gasteiger partial charge in [0.15, 0.2) is 11.5 Å². The van der Waals surface area contributed by atoms with Gasteiger partial charge in [-0.25, -0.2) is 4.98 Å². The monoisotopic (exact) mass is 383 g/mol. The summed E-state index contributed by atoms with van der Waals surface area (Å²) < 4.78 is 10.6. The van der Waals surface area contributed by atoms with E-state index >= 15 is 0 Å². The largest absolute Gasteiger partial charge is 0.454 e. The number of rotatable bonds is 6. The molecule has 0 saturated heterocycles. The Hall–Kier alpha value is -2.72. The Kier molecular flexibility index (Phi) is 5.87. The van der Waals surface area contributed by atoms with Crippen LogP contribution in [0.1, 0.15) is 44.4 Å². The number of fused-ring (bicyclic) bond motifs is 1. The highest BCUT2D eigenvalue weighted by molar-refractivity contribution is 8.00. The number of carbonyl (C=O) groups excluding carboxylic acids is 1. The van der Waals surface area contributed by atoms with E-state index in [0.717, 1.165) is 5.69 Å². The maximum absolute atomic E-state index is 12.8. The Labute approximate surface area is 162 Å². The molecule has 0 fully saturated rings. The van der Waals surface area contributed by atoms with Crippen molar-refractivity contribution in [2.45, 2.75) is 43.4 Å². The molecule has 1 aromatic heterocycles. The number of pyridine rings is 1. The SMILES string of the molecule is CCC(Sc1nc(C(C)C)ccc1C#N)C(=O)Nc1ccc2c(c1)OCO2. The van der Waals surface area contributed by atoms with Crippen LogP contribution in [0.3, 0.4) is 0 Å². The van der Waals surface area contributed by atoms with E-state index in [0.29, 0.717) is 34.2 Å². The molecule has 1 N–H and O–H groups in total. The van der Waals surface area contributed by atoms with Gasteiger partial charge in [0, 0.05) is 17.4 Å². The molecule has 1 aliphatic rings. The van der Waals surface area contributed by atoms with Gasteiger partial charge < -0.3 is 14.8 Å². The number of amides is 1. The summed E-state index contributed by atoms with van der Waals surface area (Å²) in [5.41, 5.74) is 2.04. The molecule has 2 heterocycles. The molecule has 0 aliphatic carbocycles. The lowest BCUT2D eigenvalue weighted by Gasteiger charge is -2.16. The van der Waals surface area contributed by atoms with E-state index in [1.165, 1.54) is 11.8 Å². The first-order valence-corrected chi connectivity index (χ1v) is 9.68. The van der Waals surface area contributed by atoms with Crippen molar-refractivity contribution in [3.8, 4) is 17.6 Å². The molecule has 6 nitrogen and oxygen atoms in total. The van der Waals surface area contributed by atoms with Crippen LogP contribution in [0.2, 0.25) is 0 Å². The van der Waals surface area contributed by atoms with Crippen LogP contribution < -0.4 is 14.8 Å². The average molecular weight is 383 g/mol. The molecule has 0 radical (unpaired) electrons. The van der Waals surface area contributed by atoms with Gasteiger partial charge in [-0.05, 0) is 36.6 Å². The number of thioether (sulfide) groups is 1. The van der Waals surface area contributed by atoms with E-state index in [1.807, 2.05) is 26.8 Å². The minimum atomic E-state index is -0.363. The number of hydrogen-bond acceptors (Lipinski definition) is 6. The lowest BCUT2D eigenvalue weighted by atomic mass is 10.1. The van der Waals surface area contributed by atoms with Crippen LogP contribution in [0, 0.1) is 11.3 Å². The predicted octanol–water partition coefficient (Wildman–Crippen LogP) is 4.31. The number of nitrogens with one attached hydrogen (secondary N) is 1. The number of nitrogens with zero attached hydrogens (tertiary/aromatic N) is 2. The molecule has 7 heteroatoms. The van der Waals surface area contributed by atoms with Gasteiger partial charge >= 0.3 is 0 Å². The lowest BCUT2D eigenvalue weighted by Crippen LogP contribution is -2.24. The molecule has 0 bridgehead atoms. The summed E-state index contributed by atoms with van der Waals surface area (Å²) in [6.45, 7) is 6.23. The van der Waals surface area contributed by atoms with Crippen LogP contribution in [-0.2, 0) is 4.79 Å². The number of ether oxygens (including phenoxy) is 2. The Morgan fingerprint density at radius 3 is 2.78 bits per heavy atom. The predicted molar refractivity (Wildman–Crippen MR) is 104 cm³/mol. The zero-order chi connectivity index (χ0) is 19.4. The minimum absolute atomic E-state index is 0.137. The number of anilines is 1. The fraction of sp³-hybridized carbons (Fsp3) is 0.350. The Morgan fingerprint density at radius 2 is 2.07 bits per heavy atom. The van der Waals surface area contributed by atoms with Crippen molar-refractivity contribution >= 4 is 23.4 Å². The third-order valence-corrected chi connectivity index (χ3v) is 5.52. The third kappa shape index (κ3) is 4.34. The van der Waals surface area contributed by atoms with Crippen molar-refractivity contribution < 1.29 is 14.3 Å². The quantitative estimate of drug-likeness (QED) is 0.748. The second kappa shape index (κ2) is 8.31. The first-order chi connectivity index (χ1) is 13.0. The van der Waals surface area contributed by atoms with E-state index in [-0.39, 0.29) is 23.9 Å². The van der Waals surface area contributed by atoms with E-state index in [1.54, 1.807) is 24.3 Å². The van der Waals surface area contributed by atoms with Gasteiger partial charge in [-0.2, -0.15) is 5.26 Å². The lowest BCUT2D eigenvalue weighted by molar-refractivity contribution is -0.115. The molecule has 1 aliphatic heterocycles. The minimum Gasteiger partial charge on any atom is -0.454 e. The average Bonchev–Trinajstić information content (AvgIpc) is 3.13. The van der Waals surface area contributed by atoms with Crippen molar-refractivity contribution in [3.05, 3.63) is 41.6 Å². The normalized spacial score (nSPS) is 13.3. The molecule has 0 saturated carbocycles. The zero-order valence-electron chi connectivity index (χ0n) is 15.5.